The molecule has 2 rings (SSSR count). The van der Waals surface area contributed by atoms with Crippen LogP contribution in [0.1, 0.15) is 23.4 Å². The quantitative estimate of drug-likeness (QED) is 0.720. The molecule has 20 heavy (non-hydrogen) atoms. The summed E-state index contributed by atoms with van der Waals surface area (Å²) in [5.74, 6) is 0.614. The summed E-state index contributed by atoms with van der Waals surface area (Å²) in [6, 6.07) is 5.65. The molecule has 108 valence electrons. The third-order valence-electron chi connectivity index (χ3n) is 2.86. The largest absolute Gasteiger partial charge is 0.492 e. The first kappa shape index (κ1) is 16.1. The maximum absolute atomic E-state index is 6.39. The number of benzene rings is 1. The molecule has 0 fully saturated rings. The van der Waals surface area contributed by atoms with Crippen molar-refractivity contribution >= 4 is 50.5 Å². The topological polar surface area (TPSA) is 21.3 Å². The minimum Gasteiger partial charge on any atom is -0.492 e. The predicted molar refractivity (Wildman–Crippen MR) is 90.6 cm³/mol. The Kier molecular flexibility index (Phi) is 5.75. The minimum absolute atomic E-state index is 0.00921. The average Bonchev–Trinajstić information content (AvgIpc) is 2.83. The molecule has 0 aliphatic heterocycles. The van der Waals surface area contributed by atoms with Crippen LogP contribution in [0.2, 0.25) is 10.0 Å². The molecule has 1 atom stereocenters. The lowest BCUT2D eigenvalue weighted by molar-refractivity contribution is 0.340. The van der Waals surface area contributed by atoms with Gasteiger partial charge in [-0.05, 0) is 53.0 Å². The monoisotopic (exact) mass is 393 g/mol. The van der Waals surface area contributed by atoms with Crippen LogP contribution in [0.5, 0.6) is 5.75 Å². The van der Waals surface area contributed by atoms with Gasteiger partial charge >= 0.3 is 0 Å². The summed E-state index contributed by atoms with van der Waals surface area (Å²) in [7, 11) is 1.90. The summed E-state index contributed by atoms with van der Waals surface area (Å²) in [6.07, 6.45) is 0. The zero-order valence-corrected chi connectivity index (χ0v) is 15.0. The van der Waals surface area contributed by atoms with Gasteiger partial charge in [-0.15, -0.1) is 11.3 Å². The van der Waals surface area contributed by atoms with Crippen molar-refractivity contribution in [3.05, 3.63) is 48.5 Å². The fraction of sp³-hybridized carbons (Fsp3) is 0.286. The van der Waals surface area contributed by atoms with Crippen LogP contribution < -0.4 is 10.1 Å². The van der Waals surface area contributed by atoms with Crippen LogP contribution in [0, 0.1) is 0 Å². The molecule has 1 N–H and O–H groups in total. The van der Waals surface area contributed by atoms with E-state index in [0.29, 0.717) is 22.4 Å². The molecule has 0 saturated heterocycles. The van der Waals surface area contributed by atoms with Crippen molar-refractivity contribution in [3.8, 4) is 5.75 Å². The van der Waals surface area contributed by atoms with Gasteiger partial charge in [0.25, 0.3) is 0 Å². The summed E-state index contributed by atoms with van der Waals surface area (Å²) in [5.41, 5.74) is 0.936. The molecule has 1 heterocycles. The SMILES string of the molecule is CCOc1cc(Cl)c(C(NC)c2sccc2Br)cc1Cl. The van der Waals surface area contributed by atoms with Crippen molar-refractivity contribution in [2.75, 3.05) is 13.7 Å². The third kappa shape index (κ3) is 3.31. The lowest BCUT2D eigenvalue weighted by atomic mass is 10.1. The number of nitrogens with one attached hydrogen (secondary N) is 1. The predicted octanol–water partition coefficient (Wildman–Crippen LogP) is 5.52. The Labute approximate surface area is 141 Å². The van der Waals surface area contributed by atoms with Gasteiger partial charge in [0, 0.05) is 20.4 Å². The maximum atomic E-state index is 6.39. The first-order valence-electron chi connectivity index (χ1n) is 6.10. The fourth-order valence-corrected chi connectivity index (χ4v) is 4.19. The van der Waals surface area contributed by atoms with Crippen LogP contribution in [-0.4, -0.2) is 13.7 Å². The van der Waals surface area contributed by atoms with Crippen LogP contribution in [0.25, 0.3) is 0 Å². The van der Waals surface area contributed by atoms with E-state index in [-0.39, 0.29) is 6.04 Å². The Morgan fingerprint density at radius 3 is 2.65 bits per heavy atom. The van der Waals surface area contributed by atoms with E-state index in [1.165, 1.54) is 0 Å². The zero-order valence-electron chi connectivity index (χ0n) is 11.0. The van der Waals surface area contributed by atoms with Gasteiger partial charge in [-0.2, -0.15) is 0 Å². The highest BCUT2D eigenvalue weighted by atomic mass is 79.9. The van der Waals surface area contributed by atoms with E-state index in [1.54, 1.807) is 17.4 Å². The Bertz CT molecular complexity index is 603. The van der Waals surface area contributed by atoms with E-state index < -0.39 is 0 Å². The zero-order chi connectivity index (χ0) is 14.7. The molecule has 1 unspecified atom stereocenters. The van der Waals surface area contributed by atoms with Gasteiger partial charge in [0.05, 0.1) is 17.7 Å². The Hall–Kier alpha value is -0.260. The van der Waals surface area contributed by atoms with Gasteiger partial charge in [0.1, 0.15) is 5.75 Å². The Morgan fingerprint density at radius 1 is 1.35 bits per heavy atom. The summed E-state index contributed by atoms with van der Waals surface area (Å²) >= 11 is 17.9. The normalized spacial score (nSPS) is 12.4. The minimum atomic E-state index is -0.00921. The molecule has 1 aromatic carbocycles. The molecule has 0 aliphatic rings. The van der Waals surface area contributed by atoms with Crippen LogP contribution in [0.4, 0.5) is 0 Å². The van der Waals surface area contributed by atoms with Crippen molar-refractivity contribution in [1.29, 1.82) is 0 Å². The van der Waals surface area contributed by atoms with E-state index in [2.05, 4.69) is 21.2 Å². The number of rotatable bonds is 5. The summed E-state index contributed by atoms with van der Waals surface area (Å²) in [6.45, 7) is 2.47. The van der Waals surface area contributed by atoms with Crippen LogP contribution >= 0.6 is 50.5 Å². The fourth-order valence-electron chi connectivity index (χ4n) is 1.97. The number of ether oxygens (including phenoxy) is 1. The smallest absolute Gasteiger partial charge is 0.139 e. The molecule has 0 bridgehead atoms. The van der Waals surface area contributed by atoms with Crippen LogP contribution in [-0.2, 0) is 0 Å². The highest BCUT2D eigenvalue weighted by Crippen LogP contribution is 2.39. The highest BCUT2D eigenvalue weighted by Gasteiger charge is 2.21. The van der Waals surface area contributed by atoms with E-state index >= 15 is 0 Å². The van der Waals surface area contributed by atoms with Gasteiger partial charge in [-0.25, -0.2) is 0 Å². The summed E-state index contributed by atoms with van der Waals surface area (Å²) in [4.78, 5) is 1.16. The van der Waals surface area contributed by atoms with E-state index in [0.717, 1.165) is 14.9 Å². The second-order valence-electron chi connectivity index (χ2n) is 4.09. The van der Waals surface area contributed by atoms with Gasteiger partial charge in [0.15, 0.2) is 0 Å². The molecule has 1 aromatic heterocycles. The lowest BCUT2D eigenvalue weighted by Gasteiger charge is -2.19. The Morgan fingerprint density at radius 2 is 2.10 bits per heavy atom. The molecule has 6 heteroatoms. The first-order valence-corrected chi connectivity index (χ1v) is 8.53. The average molecular weight is 395 g/mol. The second-order valence-corrected chi connectivity index (χ2v) is 6.71. The van der Waals surface area contributed by atoms with E-state index in [4.69, 9.17) is 27.9 Å². The van der Waals surface area contributed by atoms with E-state index in [1.807, 2.05) is 31.5 Å². The van der Waals surface area contributed by atoms with Crippen LogP contribution in [0.15, 0.2) is 28.1 Å². The highest BCUT2D eigenvalue weighted by molar-refractivity contribution is 9.10. The summed E-state index contributed by atoms with van der Waals surface area (Å²) < 4.78 is 6.52. The number of hydrogen-bond acceptors (Lipinski definition) is 3. The molecule has 0 radical (unpaired) electrons. The molecule has 0 saturated carbocycles. The summed E-state index contributed by atoms with van der Waals surface area (Å²) in [5, 5.41) is 6.52. The molecule has 0 aliphatic carbocycles. The molecular formula is C14H14BrCl2NOS. The van der Waals surface area contributed by atoms with Gasteiger partial charge < -0.3 is 10.1 Å². The van der Waals surface area contributed by atoms with Crippen molar-refractivity contribution in [1.82, 2.24) is 5.32 Å². The molecule has 2 aromatic rings. The van der Waals surface area contributed by atoms with Crippen molar-refractivity contribution in [2.45, 2.75) is 13.0 Å². The molecule has 0 amide bonds. The van der Waals surface area contributed by atoms with Gasteiger partial charge in [0.2, 0.25) is 0 Å². The lowest BCUT2D eigenvalue weighted by Crippen LogP contribution is -2.17. The Balaban J connectivity index is 2.45. The van der Waals surface area contributed by atoms with Crippen molar-refractivity contribution in [3.63, 3.8) is 0 Å². The van der Waals surface area contributed by atoms with Crippen molar-refractivity contribution in [2.24, 2.45) is 0 Å². The number of halogens is 3. The molecule has 2 nitrogen and oxygen atoms in total. The molecule has 0 spiro atoms. The van der Waals surface area contributed by atoms with Gasteiger partial charge in [-0.3, -0.25) is 0 Å². The molecular weight excluding hydrogens is 381 g/mol. The van der Waals surface area contributed by atoms with Crippen LogP contribution in [0.3, 0.4) is 0 Å². The van der Waals surface area contributed by atoms with E-state index in [9.17, 15) is 0 Å². The standard InChI is InChI=1S/C14H14BrCl2NOS/c1-3-19-12-7-10(16)8(6-11(12)17)13(18-2)14-9(15)4-5-20-14/h4-7,13,18H,3H2,1-2H3. The second kappa shape index (κ2) is 7.14. The third-order valence-corrected chi connectivity index (χ3v) is 5.42. The number of hydrogen-bond donors (Lipinski definition) is 1. The maximum Gasteiger partial charge on any atom is 0.139 e. The van der Waals surface area contributed by atoms with Crippen molar-refractivity contribution < 1.29 is 4.74 Å². The first-order chi connectivity index (χ1) is 9.58. The number of thiophene rings is 1. The van der Waals surface area contributed by atoms with Gasteiger partial charge in [-0.1, -0.05) is 23.2 Å².